The number of esters is 1. The standard InChI is InChI=1S/C12H16O2/c1-9-4-6-11(7-5-9)8-10(2)12(13)14-3/h4-7,10H,8H2,1-3H3/t10-/m0/s1. The number of benzene rings is 1. The van der Waals surface area contributed by atoms with Crippen molar-refractivity contribution in [3.63, 3.8) is 0 Å². The second-order valence-electron chi connectivity index (χ2n) is 3.61. The Morgan fingerprint density at radius 3 is 2.43 bits per heavy atom. The molecular weight excluding hydrogens is 176 g/mol. The first kappa shape index (κ1) is 10.8. The number of ether oxygens (including phenoxy) is 1. The highest BCUT2D eigenvalue weighted by atomic mass is 16.5. The molecule has 2 heteroatoms. The monoisotopic (exact) mass is 192 g/mol. The van der Waals surface area contributed by atoms with Crippen LogP contribution in [-0.4, -0.2) is 13.1 Å². The maximum Gasteiger partial charge on any atom is 0.308 e. The lowest BCUT2D eigenvalue weighted by Gasteiger charge is -2.08. The molecule has 0 N–H and O–H groups in total. The Balaban J connectivity index is 2.60. The topological polar surface area (TPSA) is 26.3 Å². The summed E-state index contributed by atoms with van der Waals surface area (Å²) in [6.07, 6.45) is 0.743. The van der Waals surface area contributed by atoms with Gasteiger partial charge >= 0.3 is 5.97 Å². The van der Waals surface area contributed by atoms with E-state index in [1.54, 1.807) is 0 Å². The van der Waals surface area contributed by atoms with Gasteiger partial charge in [0.2, 0.25) is 0 Å². The molecule has 0 spiro atoms. The maximum absolute atomic E-state index is 11.2. The van der Waals surface area contributed by atoms with Gasteiger partial charge in [-0.15, -0.1) is 0 Å². The van der Waals surface area contributed by atoms with Gasteiger partial charge in [0, 0.05) is 0 Å². The first-order valence-electron chi connectivity index (χ1n) is 4.77. The molecule has 0 heterocycles. The van der Waals surface area contributed by atoms with Crippen molar-refractivity contribution in [1.29, 1.82) is 0 Å². The number of hydrogen-bond donors (Lipinski definition) is 0. The fourth-order valence-corrected chi connectivity index (χ4v) is 1.36. The van der Waals surface area contributed by atoms with Crippen LogP contribution in [0, 0.1) is 12.8 Å². The Morgan fingerprint density at radius 2 is 1.93 bits per heavy atom. The van der Waals surface area contributed by atoms with Crippen molar-refractivity contribution in [3.05, 3.63) is 35.4 Å². The lowest BCUT2D eigenvalue weighted by Crippen LogP contribution is -2.14. The van der Waals surface area contributed by atoms with Gasteiger partial charge in [-0.1, -0.05) is 36.8 Å². The molecule has 0 aliphatic rings. The van der Waals surface area contributed by atoms with E-state index in [-0.39, 0.29) is 11.9 Å². The highest BCUT2D eigenvalue weighted by Crippen LogP contribution is 2.10. The van der Waals surface area contributed by atoms with E-state index in [0.717, 1.165) is 6.42 Å². The predicted molar refractivity (Wildman–Crippen MR) is 56.1 cm³/mol. The Kier molecular flexibility index (Phi) is 3.69. The summed E-state index contributed by atoms with van der Waals surface area (Å²) in [6.45, 7) is 3.93. The molecule has 0 fully saturated rings. The average Bonchev–Trinajstić information content (AvgIpc) is 2.20. The first-order valence-corrected chi connectivity index (χ1v) is 4.77. The summed E-state index contributed by atoms with van der Waals surface area (Å²) in [4.78, 5) is 11.2. The van der Waals surface area contributed by atoms with Crippen LogP contribution in [0.25, 0.3) is 0 Å². The molecule has 1 aromatic rings. The summed E-state index contributed by atoms with van der Waals surface area (Å²) in [5.74, 6) is -0.215. The maximum atomic E-state index is 11.2. The molecule has 1 rings (SSSR count). The lowest BCUT2D eigenvalue weighted by atomic mass is 10.0. The van der Waals surface area contributed by atoms with Crippen molar-refractivity contribution in [1.82, 2.24) is 0 Å². The average molecular weight is 192 g/mol. The fraction of sp³-hybridized carbons (Fsp3) is 0.417. The van der Waals surface area contributed by atoms with Crippen LogP contribution in [-0.2, 0) is 16.0 Å². The SMILES string of the molecule is COC(=O)[C@@H](C)Cc1ccc(C)cc1. The van der Waals surface area contributed by atoms with Crippen LogP contribution in [0.3, 0.4) is 0 Å². The van der Waals surface area contributed by atoms with E-state index in [1.165, 1.54) is 18.2 Å². The molecule has 0 amide bonds. The molecule has 1 aromatic carbocycles. The molecule has 0 saturated carbocycles. The van der Waals surface area contributed by atoms with E-state index in [9.17, 15) is 4.79 Å². The minimum absolute atomic E-state index is 0.0669. The van der Waals surface area contributed by atoms with Crippen LogP contribution in [0.2, 0.25) is 0 Å². The molecule has 0 aliphatic heterocycles. The number of aryl methyl sites for hydroxylation is 1. The minimum atomic E-state index is -0.148. The van der Waals surface area contributed by atoms with E-state index in [1.807, 2.05) is 13.8 Å². The third kappa shape index (κ3) is 2.87. The van der Waals surface area contributed by atoms with E-state index in [0.29, 0.717) is 0 Å². The summed E-state index contributed by atoms with van der Waals surface area (Å²) >= 11 is 0. The fourth-order valence-electron chi connectivity index (χ4n) is 1.36. The van der Waals surface area contributed by atoms with E-state index >= 15 is 0 Å². The molecular formula is C12H16O2. The normalized spacial score (nSPS) is 12.2. The summed E-state index contributed by atoms with van der Waals surface area (Å²) < 4.78 is 4.67. The summed E-state index contributed by atoms with van der Waals surface area (Å²) in [6, 6.07) is 8.21. The van der Waals surface area contributed by atoms with Crippen LogP contribution in [0.1, 0.15) is 18.1 Å². The van der Waals surface area contributed by atoms with Gasteiger partial charge in [0.05, 0.1) is 13.0 Å². The van der Waals surface area contributed by atoms with Gasteiger partial charge in [-0.3, -0.25) is 4.79 Å². The highest BCUT2D eigenvalue weighted by molar-refractivity contribution is 5.72. The van der Waals surface area contributed by atoms with Crippen LogP contribution in [0.15, 0.2) is 24.3 Å². The van der Waals surface area contributed by atoms with Gasteiger partial charge in [0.25, 0.3) is 0 Å². The van der Waals surface area contributed by atoms with Gasteiger partial charge in [0.15, 0.2) is 0 Å². The van der Waals surface area contributed by atoms with Crippen molar-refractivity contribution in [2.75, 3.05) is 7.11 Å². The zero-order chi connectivity index (χ0) is 10.6. The zero-order valence-electron chi connectivity index (χ0n) is 8.91. The largest absolute Gasteiger partial charge is 0.469 e. The molecule has 76 valence electrons. The van der Waals surface area contributed by atoms with Crippen LogP contribution < -0.4 is 0 Å². The number of hydrogen-bond acceptors (Lipinski definition) is 2. The van der Waals surface area contributed by atoms with Gasteiger partial charge in [0.1, 0.15) is 0 Å². The molecule has 14 heavy (non-hydrogen) atoms. The third-order valence-corrected chi connectivity index (χ3v) is 2.27. The third-order valence-electron chi connectivity index (χ3n) is 2.27. The Labute approximate surface area is 84.9 Å². The molecule has 0 unspecified atom stereocenters. The number of carbonyl (C=O) groups is 1. The molecule has 0 bridgehead atoms. The smallest absolute Gasteiger partial charge is 0.308 e. The summed E-state index contributed by atoms with van der Waals surface area (Å²) in [7, 11) is 1.42. The minimum Gasteiger partial charge on any atom is -0.469 e. The second kappa shape index (κ2) is 4.80. The first-order chi connectivity index (χ1) is 6.63. The number of methoxy groups -OCH3 is 1. The molecule has 0 aliphatic carbocycles. The van der Waals surface area contributed by atoms with Crippen LogP contribution in [0.4, 0.5) is 0 Å². The van der Waals surface area contributed by atoms with Crippen molar-refractivity contribution in [3.8, 4) is 0 Å². The van der Waals surface area contributed by atoms with Crippen molar-refractivity contribution in [2.24, 2.45) is 5.92 Å². The van der Waals surface area contributed by atoms with E-state index in [2.05, 4.69) is 29.0 Å². The van der Waals surface area contributed by atoms with Crippen molar-refractivity contribution < 1.29 is 9.53 Å². The van der Waals surface area contributed by atoms with Crippen LogP contribution >= 0.6 is 0 Å². The Hall–Kier alpha value is -1.31. The summed E-state index contributed by atoms with van der Waals surface area (Å²) in [5, 5.41) is 0. The quantitative estimate of drug-likeness (QED) is 0.687. The van der Waals surface area contributed by atoms with Gasteiger partial charge in [-0.25, -0.2) is 0 Å². The number of rotatable bonds is 3. The van der Waals surface area contributed by atoms with Gasteiger partial charge < -0.3 is 4.74 Å². The molecule has 1 atom stereocenters. The summed E-state index contributed by atoms with van der Waals surface area (Å²) in [5.41, 5.74) is 2.41. The molecule has 0 saturated heterocycles. The predicted octanol–water partition coefficient (Wildman–Crippen LogP) is 2.35. The second-order valence-corrected chi connectivity index (χ2v) is 3.61. The highest BCUT2D eigenvalue weighted by Gasteiger charge is 2.12. The van der Waals surface area contributed by atoms with Gasteiger partial charge in [-0.2, -0.15) is 0 Å². The van der Waals surface area contributed by atoms with E-state index < -0.39 is 0 Å². The van der Waals surface area contributed by atoms with Gasteiger partial charge in [-0.05, 0) is 18.9 Å². The van der Waals surface area contributed by atoms with E-state index in [4.69, 9.17) is 0 Å². The zero-order valence-corrected chi connectivity index (χ0v) is 8.91. The van der Waals surface area contributed by atoms with Crippen molar-refractivity contribution >= 4 is 5.97 Å². The molecule has 0 aromatic heterocycles. The van der Waals surface area contributed by atoms with Crippen LogP contribution in [0.5, 0.6) is 0 Å². The Morgan fingerprint density at radius 1 is 1.36 bits per heavy atom. The Bertz CT molecular complexity index is 301. The number of carbonyl (C=O) groups excluding carboxylic acids is 1. The van der Waals surface area contributed by atoms with Crippen molar-refractivity contribution in [2.45, 2.75) is 20.3 Å². The molecule has 2 nitrogen and oxygen atoms in total. The molecule has 0 radical (unpaired) electrons. The lowest BCUT2D eigenvalue weighted by molar-refractivity contribution is -0.144.